The molecule has 10 heteroatoms. The third kappa shape index (κ3) is 5.46. The van der Waals surface area contributed by atoms with E-state index >= 15 is 0 Å². The molecule has 0 saturated carbocycles. The van der Waals surface area contributed by atoms with Gasteiger partial charge in [-0.1, -0.05) is 25.1 Å². The summed E-state index contributed by atoms with van der Waals surface area (Å²) >= 11 is 1.47. The van der Waals surface area contributed by atoms with E-state index in [2.05, 4.69) is 42.5 Å². The summed E-state index contributed by atoms with van der Waals surface area (Å²) in [6.07, 6.45) is 2.90. The van der Waals surface area contributed by atoms with Crippen molar-refractivity contribution in [3.05, 3.63) is 35.7 Å². The van der Waals surface area contributed by atoms with Crippen LogP contribution in [0.1, 0.15) is 24.7 Å². The topological polar surface area (TPSA) is 77.0 Å². The number of carbonyl (C=O) groups excluding carboxylic acids is 1. The predicted molar refractivity (Wildman–Crippen MR) is 137 cm³/mol. The molecule has 1 aromatic carbocycles. The molecular formula is C21H30IN7OS. The van der Waals surface area contributed by atoms with Crippen molar-refractivity contribution >= 4 is 58.2 Å². The number of carbonyl (C=O) groups is 1. The van der Waals surface area contributed by atoms with Gasteiger partial charge < -0.3 is 20.0 Å². The smallest absolute Gasteiger partial charge is 0.246 e. The molecule has 2 aliphatic rings. The lowest BCUT2D eigenvalue weighted by atomic mass is 10.0. The minimum atomic E-state index is 0. The lowest BCUT2D eigenvalue weighted by molar-refractivity contribution is -0.117. The van der Waals surface area contributed by atoms with Gasteiger partial charge in [-0.15, -0.1) is 24.0 Å². The number of halogens is 1. The van der Waals surface area contributed by atoms with E-state index in [0.29, 0.717) is 0 Å². The average Bonchev–Trinajstić information content (AvgIpc) is 3.29. The number of nitrogens with zero attached hydrogens (tertiary/aromatic N) is 6. The number of hydrogen-bond donors (Lipinski definition) is 1. The number of guanidine groups is 1. The first kappa shape index (κ1) is 23.7. The Morgan fingerprint density at radius 2 is 1.97 bits per heavy atom. The highest BCUT2D eigenvalue weighted by Gasteiger charge is 2.25. The number of anilines is 2. The molecule has 0 atom stereocenters. The average molecular weight is 555 g/mol. The van der Waals surface area contributed by atoms with Crippen LogP contribution in [0.4, 0.5) is 10.8 Å². The van der Waals surface area contributed by atoms with Crippen molar-refractivity contribution in [1.82, 2.24) is 19.6 Å². The molecular weight excluding hydrogens is 525 g/mol. The van der Waals surface area contributed by atoms with Gasteiger partial charge in [0.2, 0.25) is 11.0 Å². The number of rotatable bonds is 4. The third-order valence-electron chi connectivity index (χ3n) is 5.64. The van der Waals surface area contributed by atoms with E-state index in [0.717, 1.165) is 74.6 Å². The third-order valence-corrected chi connectivity index (χ3v) is 6.46. The molecule has 4 rings (SSSR count). The van der Waals surface area contributed by atoms with Crippen molar-refractivity contribution in [2.45, 2.75) is 26.2 Å². The van der Waals surface area contributed by atoms with Crippen molar-refractivity contribution in [1.29, 1.82) is 0 Å². The van der Waals surface area contributed by atoms with Gasteiger partial charge in [0, 0.05) is 63.4 Å². The Balaban J connectivity index is 0.00000272. The number of aryl methyl sites for hydroxylation is 2. The minimum absolute atomic E-state index is 0. The van der Waals surface area contributed by atoms with Gasteiger partial charge in [0.25, 0.3) is 0 Å². The molecule has 1 N–H and O–H groups in total. The number of benzene rings is 1. The van der Waals surface area contributed by atoms with Crippen LogP contribution in [0.25, 0.3) is 0 Å². The fraction of sp³-hybridized carbons (Fsp3) is 0.524. The summed E-state index contributed by atoms with van der Waals surface area (Å²) in [6, 6.07) is 8.19. The number of piperazine rings is 1. The highest BCUT2D eigenvalue weighted by molar-refractivity contribution is 14.0. The summed E-state index contributed by atoms with van der Waals surface area (Å²) in [5.41, 5.74) is 2.29. The number of aromatic nitrogens is 2. The molecule has 0 unspecified atom stereocenters. The van der Waals surface area contributed by atoms with Gasteiger partial charge in [-0.25, -0.2) is 4.98 Å². The summed E-state index contributed by atoms with van der Waals surface area (Å²) in [6.45, 7) is 6.50. The monoisotopic (exact) mass is 555 g/mol. The Hall–Kier alpha value is -1.95. The van der Waals surface area contributed by atoms with E-state index in [1.165, 1.54) is 17.1 Å². The summed E-state index contributed by atoms with van der Waals surface area (Å²) in [4.78, 5) is 28.3. The summed E-state index contributed by atoms with van der Waals surface area (Å²) in [5, 5.41) is 4.27. The zero-order valence-corrected chi connectivity index (χ0v) is 21.2. The summed E-state index contributed by atoms with van der Waals surface area (Å²) in [7, 11) is 1.77. The van der Waals surface area contributed by atoms with Gasteiger partial charge in [-0.2, -0.15) is 4.37 Å². The number of amides is 1. The Labute approximate surface area is 204 Å². The van der Waals surface area contributed by atoms with E-state index in [1.54, 1.807) is 7.05 Å². The SMILES string of the molecule is CCc1nsc(N2CCN(C(=NC)NCC(=O)N3CCCc4ccccc43)CC2)n1.I. The summed E-state index contributed by atoms with van der Waals surface area (Å²) < 4.78 is 4.39. The maximum absolute atomic E-state index is 12.9. The van der Waals surface area contributed by atoms with Crippen LogP contribution in [-0.4, -0.2) is 72.4 Å². The molecule has 0 spiro atoms. The van der Waals surface area contributed by atoms with Crippen LogP contribution in [0.2, 0.25) is 0 Å². The number of para-hydroxylation sites is 1. The quantitative estimate of drug-likeness (QED) is 0.355. The van der Waals surface area contributed by atoms with Crippen molar-refractivity contribution in [2.75, 3.05) is 56.1 Å². The molecule has 2 aliphatic heterocycles. The van der Waals surface area contributed by atoms with Crippen molar-refractivity contribution in [3.63, 3.8) is 0 Å². The standard InChI is InChI=1S/C21H29N7OS.HI/c1-3-18-24-21(30-25-18)27-13-11-26(12-14-27)20(22-2)23-15-19(29)28-10-6-8-16-7-4-5-9-17(16)28;/h4-5,7,9H,3,6,8,10-15H2,1-2H3,(H,22,23);1H. The van der Waals surface area contributed by atoms with Crippen LogP contribution >= 0.6 is 35.5 Å². The Kier molecular flexibility index (Phi) is 8.47. The molecule has 1 fully saturated rings. The minimum Gasteiger partial charge on any atom is -0.347 e. The largest absolute Gasteiger partial charge is 0.347 e. The second-order valence-corrected chi connectivity index (χ2v) is 8.23. The Bertz CT molecular complexity index is 911. The first-order valence-electron chi connectivity index (χ1n) is 10.6. The van der Waals surface area contributed by atoms with Gasteiger partial charge in [0.15, 0.2) is 5.96 Å². The normalized spacial score (nSPS) is 16.6. The summed E-state index contributed by atoms with van der Waals surface area (Å²) in [5.74, 6) is 1.77. The number of nitrogens with one attached hydrogen (secondary N) is 1. The van der Waals surface area contributed by atoms with Gasteiger partial charge in [0.1, 0.15) is 5.82 Å². The first-order chi connectivity index (χ1) is 14.7. The van der Waals surface area contributed by atoms with Crippen LogP contribution < -0.4 is 15.1 Å². The van der Waals surface area contributed by atoms with Crippen molar-refractivity contribution in [3.8, 4) is 0 Å². The molecule has 1 aromatic heterocycles. The lowest BCUT2D eigenvalue weighted by Gasteiger charge is -2.36. The maximum atomic E-state index is 12.9. The highest BCUT2D eigenvalue weighted by Crippen LogP contribution is 2.26. The van der Waals surface area contributed by atoms with Crippen LogP contribution in [0.3, 0.4) is 0 Å². The molecule has 1 amide bonds. The van der Waals surface area contributed by atoms with Crippen LogP contribution in [0, 0.1) is 0 Å². The Morgan fingerprint density at radius 1 is 1.19 bits per heavy atom. The molecule has 8 nitrogen and oxygen atoms in total. The molecule has 0 bridgehead atoms. The number of hydrogen-bond acceptors (Lipinski definition) is 6. The predicted octanol–water partition coefficient (Wildman–Crippen LogP) is 2.40. The van der Waals surface area contributed by atoms with Crippen molar-refractivity contribution in [2.24, 2.45) is 4.99 Å². The zero-order valence-electron chi connectivity index (χ0n) is 18.1. The van der Waals surface area contributed by atoms with Gasteiger partial charge in [-0.3, -0.25) is 9.79 Å². The van der Waals surface area contributed by atoms with E-state index in [-0.39, 0.29) is 36.4 Å². The molecule has 168 valence electrons. The van der Waals surface area contributed by atoms with Gasteiger partial charge >= 0.3 is 0 Å². The van der Waals surface area contributed by atoms with E-state index in [4.69, 9.17) is 0 Å². The fourth-order valence-electron chi connectivity index (χ4n) is 4.00. The molecule has 2 aromatic rings. The van der Waals surface area contributed by atoms with Crippen LogP contribution in [-0.2, 0) is 17.6 Å². The second kappa shape index (κ2) is 11.1. The van der Waals surface area contributed by atoms with Crippen molar-refractivity contribution < 1.29 is 4.79 Å². The van der Waals surface area contributed by atoms with E-state index < -0.39 is 0 Å². The van der Waals surface area contributed by atoms with Crippen LogP contribution in [0.5, 0.6) is 0 Å². The van der Waals surface area contributed by atoms with E-state index in [9.17, 15) is 4.79 Å². The molecule has 3 heterocycles. The maximum Gasteiger partial charge on any atom is 0.246 e. The second-order valence-electron chi connectivity index (χ2n) is 7.50. The Morgan fingerprint density at radius 3 is 2.68 bits per heavy atom. The zero-order chi connectivity index (χ0) is 20.9. The molecule has 0 aliphatic carbocycles. The highest BCUT2D eigenvalue weighted by atomic mass is 127. The van der Waals surface area contributed by atoms with Gasteiger partial charge in [0.05, 0.1) is 6.54 Å². The number of aliphatic imine (C=N–C) groups is 1. The first-order valence-corrected chi connectivity index (χ1v) is 11.4. The lowest BCUT2D eigenvalue weighted by Crippen LogP contribution is -2.54. The van der Waals surface area contributed by atoms with E-state index in [1.807, 2.05) is 23.1 Å². The number of fused-ring (bicyclic) bond motifs is 1. The molecule has 1 saturated heterocycles. The molecule has 0 radical (unpaired) electrons. The van der Waals surface area contributed by atoms with Gasteiger partial charge in [-0.05, 0) is 24.5 Å². The van der Waals surface area contributed by atoms with Crippen LogP contribution in [0.15, 0.2) is 29.3 Å². The molecule has 31 heavy (non-hydrogen) atoms. The fourth-order valence-corrected chi connectivity index (χ4v) is 4.80.